The van der Waals surface area contributed by atoms with E-state index in [0.29, 0.717) is 12.6 Å². The fraction of sp³-hybridized carbons (Fsp3) is 0.765. The molecule has 1 fully saturated rings. The Morgan fingerprint density at radius 1 is 1.33 bits per heavy atom. The van der Waals surface area contributed by atoms with Crippen LogP contribution in [0.15, 0.2) is 4.99 Å². The molecule has 1 heterocycles. The number of aromatic nitrogens is 2. The minimum absolute atomic E-state index is 0. The highest BCUT2D eigenvalue weighted by molar-refractivity contribution is 14.0. The maximum absolute atomic E-state index is 4.79. The van der Waals surface area contributed by atoms with Crippen molar-refractivity contribution in [2.45, 2.75) is 64.8 Å². The lowest BCUT2D eigenvalue weighted by molar-refractivity contribution is 0.615. The van der Waals surface area contributed by atoms with Crippen LogP contribution in [-0.4, -0.2) is 39.3 Å². The van der Waals surface area contributed by atoms with Crippen molar-refractivity contribution >= 4 is 41.7 Å². The van der Waals surface area contributed by atoms with Gasteiger partial charge >= 0.3 is 0 Å². The van der Waals surface area contributed by atoms with E-state index >= 15 is 0 Å². The first kappa shape index (κ1) is 21.6. The summed E-state index contributed by atoms with van der Waals surface area (Å²) >= 11 is 2.09. The van der Waals surface area contributed by atoms with Crippen LogP contribution in [-0.2, 0) is 13.6 Å². The van der Waals surface area contributed by atoms with Gasteiger partial charge in [-0.1, -0.05) is 6.92 Å². The van der Waals surface area contributed by atoms with E-state index in [2.05, 4.69) is 55.2 Å². The van der Waals surface area contributed by atoms with Crippen LogP contribution >= 0.6 is 35.7 Å². The van der Waals surface area contributed by atoms with Gasteiger partial charge in [0, 0.05) is 36.1 Å². The number of rotatable bonds is 6. The summed E-state index contributed by atoms with van der Waals surface area (Å²) in [4.78, 5) is 4.79. The molecule has 7 heteroatoms. The van der Waals surface area contributed by atoms with Gasteiger partial charge in [-0.3, -0.25) is 4.68 Å². The van der Waals surface area contributed by atoms with E-state index in [1.165, 1.54) is 36.3 Å². The number of aryl methyl sites for hydroxylation is 2. The highest BCUT2D eigenvalue weighted by Crippen LogP contribution is 2.29. The second-order valence-electron chi connectivity index (χ2n) is 6.20. The normalized spacial score (nSPS) is 20.8. The van der Waals surface area contributed by atoms with Crippen molar-refractivity contribution in [1.29, 1.82) is 0 Å². The van der Waals surface area contributed by atoms with E-state index in [1.807, 2.05) is 11.7 Å². The van der Waals surface area contributed by atoms with Gasteiger partial charge in [0.1, 0.15) is 0 Å². The molecule has 1 saturated carbocycles. The Hall–Kier alpha value is -0.440. The first-order valence-electron chi connectivity index (χ1n) is 8.70. The molecule has 138 valence electrons. The van der Waals surface area contributed by atoms with Gasteiger partial charge in [-0.15, -0.1) is 24.0 Å². The van der Waals surface area contributed by atoms with Gasteiger partial charge in [0.05, 0.1) is 12.2 Å². The third-order valence-electron chi connectivity index (χ3n) is 4.53. The quantitative estimate of drug-likeness (QED) is 0.384. The third kappa shape index (κ3) is 5.82. The van der Waals surface area contributed by atoms with Gasteiger partial charge in [-0.25, -0.2) is 4.99 Å². The lowest BCUT2D eigenvalue weighted by atomic mass is 10.2. The molecule has 0 amide bonds. The molecule has 0 spiro atoms. The molecule has 0 aromatic carbocycles. The summed E-state index contributed by atoms with van der Waals surface area (Å²) < 4.78 is 1.93. The van der Waals surface area contributed by atoms with E-state index in [4.69, 9.17) is 4.99 Å². The molecule has 0 aliphatic heterocycles. The van der Waals surface area contributed by atoms with Gasteiger partial charge < -0.3 is 10.6 Å². The molecule has 0 radical (unpaired) electrons. The van der Waals surface area contributed by atoms with Crippen LogP contribution in [0.5, 0.6) is 0 Å². The van der Waals surface area contributed by atoms with E-state index in [1.54, 1.807) is 0 Å². The zero-order valence-electron chi connectivity index (χ0n) is 15.6. The van der Waals surface area contributed by atoms with Crippen molar-refractivity contribution in [2.75, 3.05) is 12.3 Å². The highest BCUT2D eigenvalue weighted by atomic mass is 127. The number of hydrogen-bond donors (Lipinski definition) is 2. The van der Waals surface area contributed by atoms with Crippen LogP contribution in [0.25, 0.3) is 0 Å². The lowest BCUT2D eigenvalue weighted by Gasteiger charge is -2.17. The van der Waals surface area contributed by atoms with Crippen molar-refractivity contribution in [3.63, 3.8) is 0 Å². The Labute approximate surface area is 167 Å². The van der Waals surface area contributed by atoms with E-state index in [-0.39, 0.29) is 24.0 Å². The van der Waals surface area contributed by atoms with Gasteiger partial charge in [0.25, 0.3) is 0 Å². The molecule has 2 atom stereocenters. The van der Waals surface area contributed by atoms with Gasteiger partial charge in [0.2, 0.25) is 0 Å². The SMILES string of the molecule is CCNC(=NCc1c(C)nn(C)c1C)NC1CCC(SCC)C1.I. The second-order valence-corrected chi connectivity index (χ2v) is 7.78. The summed E-state index contributed by atoms with van der Waals surface area (Å²) in [7, 11) is 1.99. The maximum atomic E-state index is 4.79. The van der Waals surface area contributed by atoms with Crippen molar-refractivity contribution < 1.29 is 0 Å². The van der Waals surface area contributed by atoms with Crippen LogP contribution in [0.2, 0.25) is 0 Å². The van der Waals surface area contributed by atoms with Gasteiger partial charge in [-0.05, 0) is 45.8 Å². The Kier molecular flexibility index (Phi) is 9.48. The number of nitrogens with zero attached hydrogens (tertiary/aromatic N) is 3. The standard InChI is InChI=1S/C17H31N5S.HI/c1-6-18-17(20-14-8-9-15(10-14)23-7-2)19-11-16-12(3)21-22(5)13(16)4;/h14-15H,6-11H2,1-5H3,(H2,18,19,20);1H. The number of thioether (sulfide) groups is 1. The summed E-state index contributed by atoms with van der Waals surface area (Å²) in [5.41, 5.74) is 3.50. The molecule has 5 nitrogen and oxygen atoms in total. The highest BCUT2D eigenvalue weighted by Gasteiger charge is 2.25. The van der Waals surface area contributed by atoms with Crippen molar-refractivity contribution in [1.82, 2.24) is 20.4 Å². The molecule has 2 N–H and O–H groups in total. The zero-order chi connectivity index (χ0) is 16.8. The number of halogens is 1. The van der Waals surface area contributed by atoms with Crippen molar-refractivity contribution in [3.05, 3.63) is 17.0 Å². The number of nitrogens with one attached hydrogen (secondary N) is 2. The predicted molar refractivity (Wildman–Crippen MR) is 116 cm³/mol. The molecule has 1 aromatic rings. The molecule has 0 saturated heterocycles. The van der Waals surface area contributed by atoms with Gasteiger partial charge in [0.15, 0.2) is 5.96 Å². The number of guanidine groups is 1. The predicted octanol–water partition coefficient (Wildman–Crippen LogP) is 3.38. The number of hydrogen-bond acceptors (Lipinski definition) is 3. The summed E-state index contributed by atoms with van der Waals surface area (Å²) in [5.74, 6) is 2.15. The fourth-order valence-electron chi connectivity index (χ4n) is 3.18. The minimum atomic E-state index is 0. The smallest absolute Gasteiger partial charge is 0.191 e. The molecule has 1 aliphatic carbocycles. The van der Waals surface area contributed by atoms with E-state index < -0.39 is 0 Å². The summed E-state index contributed by atoms with van der Waals surface area (Å²) in [6.07, 6.45) is 3.80. The van der Waals surface area contributed by atoms with E-state index in [0.717, 1.165) is 23.4 Å². The summed E-state index contributed by atoms with van der Waals surface area (Å²) in [6, 6.07) is 0.549. The third-order valence-corrected chi connectivity index (χ3v) is 5.76. The fourth-order valence-corrected chi connectivity index (χ4v) is 4.32. The maximum Gasteiger partial charge on any atom is 0.191 e. The molecular formula is C17H32IN5S. The van der Waals surface area contributed by atoms with Crippen LogP contribution in [0, 0.1) is 13.8 Å². The first-order valence-corrected chi connectivity index (χ1v) is 9.75. The Morgan fingerprint density at radius 2 is 2.08 bits per heavy atom. The molecule has 2 unspecified atom stereocenters. The average molecular weight is 465 g/mol. The molecule has 1 aromatic heterocycles. The average Bonchev–Trinajstić information content (AvgIpc) is 3.03. The van der Waals surface area contributed by atoms with Crippen LogP contribution in [0.1, 0.15) is 50.1 Å². The Balaban J connectivity index is 0.00000288. The molecule has 24 heavy (non-hydrogen) atoms. The van der Waals surface area contributed by atoms with Crippen molar-refractivity contribution in [2.24, 2.45) is 12.0 Å². The molecule has 2 rings (SSSR count). The largest absolute Gasteiger partial charge is 0.357 e. The van der Waals surface area contributed by atoms with Crippen LogP contribution in [0.3, 0.4) is 0 Å². The summed E-state index contributed by atoms with van der Waals surface area (Å²) in [6.45, 7) is 10.1. The monoisotopic (exact) mass is 465 g/mol. The summed E-state index contributed by atoms with van der Waals surface area (Å²) in [5, 5.41) is 12.3. The molecular weight excluding hydrogens is 433 g/mol. The van der Waals surface area contributed by atoms with Crippen LogP contribution in [0.4, 0.5) is 0 Å². The van der Waals surface area contributed by atoms with Gasteiger partial charge in [-0.2, -0.15) is 16.9 Å². The van der Waals surface area contributed by atoms with E-state index in [9.17, 15) is 0 Å². The van der Waals surface area contributed by atoms with Crippen LogP contribution < -0.4 is 10.6 Å². The first-order chi connectivity index (χ1) is 11.0. The number of aliphatic imine (C=N–C) groups is 1. The molecule has 1 aliphatic rings. The Morgan fingerprint density at radius 3 is 2.67 bits per heavy atom. The van der Waals surface area contributed by atoms with Crippen molar-refractivity contribution in [3.8, 4) is 0 Å². The molecule has 0 bridgehead atoms. The second kappa shape index (κ2) is 10.5. The lowest BCUT2D eigenvalue weighted by Crippen LogP contribution is -2.42. The Bertz CT molecular complexity index is 543. The zero-order valence-corrected chi connectivity index (χ0v) is 18.7. The topological polar surface area (TPSA) is 54.2 Å². The minimum Gasteiger partial charge on any atom is -0.357 e.